The summed E-state index contributed by atoms with van der Waals surface area (Å²) < 4.78 is 39.9. The summed E-state index contributed by atoms with van der Waals surface area (Å²) in [4.78, 5) is 22.2. The van der Waals surface area contributed by atoms with Crippen LogP contribution in [0.3, 0.4) is 0 Å². The lowest BCUT2D eigenvalue weighted by Gasteiger charge is -2.06. The van der Waals surface area contributed by atoms with Gasteiger partial charge in [-0.1, -0.05) is 0 Å². The summed E-state index contributed by atoms with van der Waals surface area (Å²) in [6.07, 6.45) is -3.94. The first-order valence-electron chi connectivity index (χ1n) is 5.06. The SMILES string of the molecule is Cn1c(=O)n(CC=O)c2ccc(C(F)(F)F)cc21. The predicted molar refractivity (Wildman–Crippen MR) is 58.2 cm³/mol. The molecule has 2 aromatic rings. The number of hydrogen-bond acceptors (Lipinski definition) is 2. The van der Waals surface area contributed by atoms with E-state index in [-0.39, 0.29) is 12.1 Å². The summed E-state index contributed by atoms with van der Waals surface area (Å²) in [5.41, 5.74) is -0.885. The Morgan fingerprint density at radius 2 is 1.94 bits per heavy atom. The van der Waals surface area contributed by atoms with Crippen LogP contribution in [-0.4, -0.2) is 15.4 Å². The molecule has 2 rings (SSSR count). The normalized spacial score (nSPS) is 12.0. The highest BCUT2D eigenvalue weighted by molar-refractivity contribution is 5.78. The number of carbonyl (C=O) groups is 1. The van der Waals surface area contributed by atoms with Crippen LogP contribution in [0, 0.1) is 0 Å². The molecule has 0 unspecified atom stereocenters. The summed E-state index contributed by atoms with van der Waals surface area (Å²) >= 11 is 0. The van der Waals surface area contributed by atoms with Crippen molar-refractivity contribution in [2.24, 2.45) is 7.05 Å². The fourth-order valence-electron chi connectivity index (χ4n) is 1.83. The third-order valence-electron chi connectivity index (χ3n) is 2.73. The number of imidazole rings is 1. The Hall–Kier alpha value is -2.05. The van der Waals surface area contributed by atoms with E-state index in [2.05, 4.69) is 0 Å². The highest BCUT2D eigenvalue weighted by Crippen LogP contribution is 2.31. The second-order valence-corrected chi connectivity index (χ2v) is 3.82. The maximum absolute atomic E-state index is 12.6. The molecule has 0 aliphatic carbocycles. The number of carbonyl (C=O) groups excluding carboxylic acids is 1. The molecule has 7 heteroatoms. The summed E-state index contributed by atoms with van der Waals surface area (Å²) in [6.45, 7) is -0.179. The molecule has 0 N–H and O–H groups in total. The lowest BCUT2D eigenvalue weighted by atomic mass is 10.2. The van der Waals surface area contributed by atoms with Gasteiger partial charge in [0.2, 0.25) is 0 Å². The largest absolute Gasteiger partial charge is 0.416 e. The minimum Gasteiger partial charge on any atom is -0.301 e. The van der Waals surface area contributed by atoms with Gasteiger partial charge in [0.15, 0.2) is 0 Å². The smallest absolute Gasteiger partial charge is 0.301 e. The number of aromatic nitrogens is 2. The van der Waals surface area contributed by atoms with Crippen LogP contribution in [0.5, 0.6) is 0 Å². The van der Waals surface area contributed by atoms with Gasteiger partial charge in [-0.15, -0.1) is 0 Å². The third-order valence-corrected chi connectivity index (χ3v) is 2.73. The highest BCUT2D eigenvalue weighted by Gasteiger charge is 2.31. The summed E-state index contributed by atoms with van der Waals surface area (Å²) in [6, 6.07) is 2.99. The van der Waals surface area contributed by atoms with Crippen molar-refractivity contribution < 1.29 is 18.0 Å². The predicted octanol–water partition coefficient (Wildman–Crippen LogP) is 1.56. The summed E-state index contributed by atoms with van der Waals surface area (Å²) in [7, 11) is 1.37. The molecule has 1 aromatic carbocycles. The number of hydrogen-bond donors (Lipinski definition) is 0. The van der Waals surface area contributed by atoms with Gasteiger partial charge in [0.05, 0.1) is 23.1 Å². The van der Waals surface area contributed by atoms with Crippen molar-refractivity contribution in [3.05, 3.63) is 34.2 Å². The van der Waals surface area contributed by atoms with E-state index in [4.69, 9.17) is 0 Å². The van der Waals surface area contributed by atoms with Crippen molar-refractivity contribution in [1.82, 2.24) is 9.13 Å². The number of alkyl halides is 3. The topological polar surface area (TPSA) is 44.0 Å². The van der Waals surface area contributed by atoms with Crippen molar-refractivity contribution in [2.45, 2.75) is 12.7 Å². The van der Waals surface area contributed by atoms with Gasteiger partial charge in [-0.3, -0.25) is 9.13 Å². The number of aryl methyl sites for hydroxylation is 1. The van der Waals surface area contributed by atoms with Gasteiger partial charge in [0.1, 0.15) is 6.29 Å². The van der Waals surface area contributed by atoms with Gasteiger partial charge >= 0.3 is 11.9 Å². The maximum Gasteiger partial charge on any atom is 0.416 e. The number of aldehydes is 1. The molecule has 0 spiro atoms. The van der Waals surface area contributed by atoms with E-state index in [0.29, 0.717) is 11.8 Å². The van der Waals surface area contributed by atoms with Crippen LogP contribution >= 0.6 is 0 Å². The molecule has 0 fully saturated rings. The van der Waals surface area contributed by atoms with Gasteiger partial charge < -0.3 is 4.79 Å². The second kappa shape index (κ2) is 4.01. The molecule has 4 nitrogen and oxygen atoms in total. The fraction of sp³-hybridized carbons (Fsp3) is 0.273. The van der Waals surface area contributed by atoms with Crippen molar-refractivity contribution in [3.63, 3.8) is 0 Å². The number of fused-ring (bicyclic) bond motifs is 1. The van der Waals surface area contributed by atoms with Gasteiger partial charge in [-0.05, 0) is 18.2 Å². The first kappa shape index (κ1) is 12.4. The van der Waals surface area contributed by atoms with Crippen LogP contribution in [-0.2, 0) is 24.6 Å². The monoisotopic (exact) mass is 258 g/mol. The zero-order valence-electron chi connectivity index (χ0n) is 9.36. The zero-order valence-corrected chi connectivity index (χ0v) is 9.36. The van der Waals surface area contributed by atoms with Crippen molar-refractivity contribution >= 4 is 17.3 Å². The molecule has 0 aliphatic rings. The Morgan fingerprint density at radius 3 is 2.50 bits per heavy atom. The van der Waals surface area contributed by atoms with Crippen LogP contribution in [0.1, 0.15) is 5.56 Å². The lowest BCUT2D eigenvalue weighted by molar-refractivity contribution is -0.137. The minimum absolute atomic E-state index is 0.150. The first-order valence-corrected chi connectivity index (χ1v) is 5.06. The van der Waals surface area contributed by atoms with Gasteiger partial charge in [0.25, 0.3) is 0 Å². The van der Waals surface area contributed by atoms with E-state index in [1.165, 1.54) is 13.1 Å². The van der Waals surface area contributed by atoms with Gasteiger partial charge in [-0.25, -0.2) is 4.79 Å². The van der Waals surface area contributed by atoms with Gasteiger partial charge in [-0.2, -0.15) is 13.2 Å². The zero-order chi connectivity index (χ0) is 13.5. The van der Waals surface area contributed by atoms with E-state index in [9.17, 15) is 22.8 Å². The summed E-state index contributed by atoms with van der Waals surface area (Å²) in [5, 5.41) is 0. The molecule has 1 heterocycles. The number of rotatable bonds is 2. The molecule has 0 saturated carbocycles. The van der Waals surface area contributed by atoms with Crippen LogP contribution in [0.2, 0.25) is 0 Å². The summed E-state index contributed by atoms with van der Waals surface area (Å²) in [5.74, 6) is 0. The molecule has 0 aliphatic heterocycles. The van der Waals surface area contributed by atoms with E-state index in [1.54, 1.807) is 0 Å². The van der Waals surface area contributed by atoms with Gasteiger partial charge in [0, 0.05) is 7.05 Å². The molecule has 0 radical (unpaired) electrons. The fourth-order valence-corrected chi connectivity index (χ4v) is 1.83. The Balaban J connectivity index is 2.76. The molecule has 18 heavy (non-hydrogen) atoms. The average Bonchev–Trinajstić information content (AvgIpc) is 2.54. The van der Waals surface area contributed by atoms with Crippen LogP contribution in [0.15, 0.2) is 23.0 Å². The van der Waals surface area contributed by atoms with Crippen molar-refractivity contribution in [1.29, 1.82) is 0 Å². The highest BCUT2D eigenvalue weighted by atomic mass is 19.4. The van der Waals surface area contributed by atoms with Crippen LogP contribution < -0.4 is 5.69 Å². The van der Waals surface area contributed by atoms with E-state index in [0.717, 1.165) is 21.3 Å². The molecular formula is C11H9F3N2O2. The number of nitrogens with zero attached hydrogens (tertiary/aromatic N) is 2. The molecule has 0 saturated heterocycles. The van der Waals surface area contributed by atoms with Crippen molar-refractivity contribution in [2.75, 3.05) is 0 Å². The quantitative estimate of drug-likeness (QED) is 0.767. The van der Waals surface area contributed by atoms with E-state index < -0.39 is 17.4 Å². The van der Waals surface area contributed by atoms with Crippen molar-refractivity contribution in [3.8, 4) is 0 Å². The Bertz CT molecular complexity index is 667. The third kappa shape index (κ3) is 1.81. The molecule has 0 bridgehead atoms. The minimum atomic E-state index is -4.46. The average molecular weight is 258 g/mol. The Kier molecular flexibility index (Phi) is 2.76. The Labute approximate surface area is 99.2 Å². The van der Waals surface area contributed by atoms with Crippen LogP contribution in [0.4, 0.5) is 13.2 Å². The van der Waals surface area contributed by atoms with E-state index in [1.807, 2.05) is 0 Å². The number of benzene rings is 1. The maximum atomic E-state index is 12.6. The molecule has 0 atom stereocenters. The van der Waals surface area contributed by atoms with E-state index >= 15 is 0 Å². The first-order chi connectivity index (χ1) is 8.36. The number of halogens is 3. The lowest BCUT2D eigenvalue weighted by Crippen LogP contribution is -2.22. The second-order valence-electron chi connectivity index (χ2n) is 3.82. The van der Waals surface area contributed by atoms with Crippen LogP contribution in [0.25, 0.3) is 11.0 Å². The molecule has 96 valence electrons. The molecule has 1 aromatic heterocycles. The molecule has 0 amide bonds. The Morgan fingerprint density at radius 1 is 1.28 bits per heavy atom. The molecular weight excluding hydrogens is 249 g/mol. The standard InChI is InChI=1S/C11H9F3N2O2/c1-15-9-6-7(11(12,13)14)2-3-8(9)16(4-5-17)10(15)18/h2-3,5-6H,4H2,1H3.